The molecule has 0 aliphatic carbocycles. The minimum atomic E-state index is 0. The van der Waals surface area contributed by atoms with Crippen molar-refractivity contribution < 1.29 is 4.74 Å². The number of ether oxygens (including phenoxy) is 1. The number of rotatable bonds is 1. The number of hydrogen-bond acceptors (Lipinski definition) is 3. The minimum Gasteiger partial charge on any atom is -0.494 e. The van der Waals surface area contributed by atoms with Crippen molar-refractivity contribution in [3.05, 3.63) is 22.9 Å². The van der Waals surface area contributed by atoms with Gasteiger partial charge >= 0.3 is 0 Å². The van der Waals surface area contributed by atoms with Crippen LogP contribution in [0.2, 0.25) is 0 Å². The van der Waals surface area contributed by atoms with E-state index in [-0.39, 0.29) is 6.15 Å². The van der Waals surface area contributed by atoms with E-state index in [0.29, 0.717) is 0 Å². The predicted molar refractivity (Wildman–Crippen MR) is 43.5 cm³/mol. The first-order valence-electron chi connectivity index (χ1n) is 2.49. The average Bonchev–Trinajstić information content (AvgIpc) is 1.89. The maximum absolute atomic E-state index is 4.94. The van der Waals surface area contributed by atoms with Gasteiger partial charge in [0.15, 0.2) is 5.75 Å². The van der Waals surface area contributed by atoms with Crippen molar-refractivity contribution in [2.45, 2.75) is 0 Å². The normalized spacial score (nSPS) is 8.20. The number of aromatic nitrogens is 1. The fourth-order valence-electron chi connectivity index (χ4n) is 0.524. The maximum Gasteiger partial charge on any atom is 0.151 e. The fourth-order valence-corrected chi connectivity index (χ4v) is 0.936. The summed E-state index contributed by atoms with van der Waals surface area (Å²) in [5.41, 5.74) is 0. The lowest BCUT2D eigenvalue weighted by Gasteiger charge is -1.98. The van der Waals surface area contributed by atoms with Crippen molar-refractivity contribution in [2.24, 2.45) is 0 Å². The molecule has 1 heterocycles. The lowest BCUT2D eigenvalue weighted by Crippen LogP contribution is -1.84. The van der Waals surface area contributed by atoms with Crippen LogP contribution in [0.15, 0.2) is 22.9 Å². The Hall–Kier alpha value is -0.610. The second-order valence-electron chi connectivity index (χ2n) is 1.50. The van der Waals surface area contributed by atoms with Crippen molar-refractivity contribution >= 4 is 15.9 Å². The van der Waals surface area contributed by atoms with Gasteiger partial charge in [-0.05, 0) is 28.1 Å². The zero-order valence-corrected chi connectivity index (χ0v) is 7.26. The van der Waals surface area contributed by atoms with Gasteiger partial charge in [-0.3, -0.25) is 0 Å². The first kappa shape index (κ1) is 9.39. The van der Waals surface area contributed by atoms with Gasteiger partial charge in [0.25, 0.3) is 0 Å². The third kappa shape index (κ3) is 1.97. The van der Waals surface area contributed by atoms with E-state index in [9.17, 15) is 0 Å². The highest BCUT2D eigenvalue weighted by atomic mass is 79.9. The van der Waals surface area contributed by atoms with E-state index < -0.39 is 0 Å². The minimum absolute atomic E-state index is 0. The maximum atomic E-state index is 4.94. The van der Waals surface area contributed by atoms with E-state index in [0.717, 1.165) is 10.4 Å². The Morgan fingerprint density at radius 1 is 1.60 bits per heavy atom. The Kier molecular flexibility index (Phi) is 3.99. The van der Waals surface area contributed by atoms with Crippen molar-refractivity contribution in [3.63, 3.8) is 0 Å². The van der Waals surface area contributed by atoms with Crippen LogP contribution in [0.25, 0.3) is 0 Å². The lowest BCUT2D eigenvalue weighted by molar-refractivity contribution is 0.410. The molecule has 0 aliphatic heterocycles. The third-order valence-corrected chi connectivity index (χ3v) is 1.54. The summed E-state index contributed by atoms with van der Waals surface area (Å²) < 4.78 is 5.68. The molecule has 4 heteroatoms. The van der Waals surface area contributed by atoms with Gasteiger partial charge in [0, 0.05) is 6.20 Å². The molecular weight excluding hydrogens is 196 g/mol. The van der Waals surface area contributed by atoms with Gasteiger partial charge in [0.2, 0.25) is 0 Å². The van der Waals surface area contributed by atoms with Crippen LogP contribution < -0.4 is 10.9 Å². The first-order valence-corrected chi connectivity index (χ1v) is 3.28. The summed E-state index contributed by atoms with van der Waals surface area (Å²) in [6.45, 7) is 0. The Balaban J connectivity index is 0.000000810. The van der Waals surface area contributed by atoms with Gasteiger partial charge in [-0.1, -0.05) is 0 Å². The molecule has 1 rings (SSSR count). The average molecular weight is 205 g/mol. The Morgan fingerprint density at radius 3 is 2.70 bits per heavy atom. The summed E-state index contributed by atoms with van der Waals surface area (Å²) >= 11 is 3.22. The van der Waals surface area contributed by atoms with Crippen LogP contribution in [0.5, 0.6) is 5.75 Å². The zero-order chi connectivity index (χ0) is 6.69. The topological polar surface area (TPSA) is 57.1 Å². The lowest BCUT2D eigenvalue weighted by atomic mass is 10.5. The highest BCUT2D eigenvalue weighted by Crippen LogP contribution is 2.19. The van der Waals surface area contributed by atoms with Gasteiger partial charge < -0.3 is 10.9 Å². The molecule has 0 atom stereocenters. The molecule has 0 amide bonds. The van der Waals surface area contributed by atoms with Crippen LogP contribution in [0, 0.1) is 0 Å². The summed E-state index contributed by atoms with van der Waals surface area (Å²) in [6, 6.07) is 3.67. The molecule has 56 valence electrons. The molecule has 0 bridgehead atoms. The van der Waals surface area contributed by atoms with Crippen molar-refractivity contribution in [2.75, 3.05) is 7.11 Å². The van der Waals surface area contributed by atoms with E-state index in [2.05, 4.69) is 20.9 Å². The van der Waals surface area contributed by atoms with E-state index >= 15 is 0 Å². The van der Waals surface area contributed by atoms with Gasteiger partial charge in [-0.25, -0.2) is 4.98 Å². The summed E-state index contributed by atoms with van der Waals surface area (Å²) in [5.74, 6) is 0.762. The number of nitrogens with zero attached hydrogens (tertiary/aromatic N) is 1. The largest absolute Gasteiger partial charge is 0.494 e. The number of halogens is 1. The molecule has 0 aromatic carbocycles. The second kappa shape index (κ2) is 4.24. The molecule has 0 fully saturated rings. The number of methoxy groups -OCH3 is 1. The molecule has 1 aromatic heterocycles. The molecule has 0 unspecified atom stereocenters. The third-order valence-electron chi connectivity index (χ3n) is 0.945. The molecular formula is C6H9BrN2O. The van der Waals surface area contributed by atoms with Crippen LogP contribution in [0.1, 0.15) is 0 Å². The van der Waals surface area contributed by atoms with E-state index in [4.69, 9.17) is 4.74 Å². The smallest absolute Gasteiger partial charge is 0.151 e. The second-order valence-corrected chi connectivity index (χ2v) is 2.25. The molecule has 3 nitrogen and oxygen atoms in total. The Bertz CT molecular complexity index is 205. The molecule has 0 radical (unpaired) electrons. The van der Waals surface area contributed by atoms with Crippen LogP contribution in [-0.2, 0) is 0 Å². The fraction of sp³-hybridized carbons (Fsp3) is 0.167. The molecule has 3 N–H and O–H groups in total. The van der Waals surface area contributed by atoms with Gasteiger partial charge in [-0.2, -0.15) is 0 Å². The molecule has 0 aliphatic rings. The summed E-state index contributed by atoms with van der Waals surface area (Å²) in [4.78, 5) is 3.94. The van der Waals surface area contributed by atoms with Gasteiger partial charge in [0.05, 0.1) is 7.11 Å². The van der Waals surface area contributed by atoms with Crippen molar-refractivity contribution in [3.8, 4) is 5.75 Å². The number of hydrogen-bond donors (Lipinski definition) is 1. The van der Waals surface area contributed by atoms with E-state index in [1.807, 2.05) is 12.1 Å². The van der Waals surface area contributed by atoms with E-state index in [1.54, 1.807) is 13.3 Å². The van der Waals surface area contributed by atoms with Crippen LogP contribution in [0.3, 0.4) is 0 Å². The monoisotopic (exact) mass is 204 g/mol. The highest BCUT2D eigenvalue weighted by molar-refractivity contribution is 9.10. The molecule has 0 spiro atoms. The Labute approximate surface area is 68.1 Å². The van der Waals surface area contributed by atoms with Crippen LogP contribution >= 0.6 is 15.9 Å². The summed E-state index contributed by atoms with van der Waals surface area (Å²) in [6.07, 6.45) is 1.70. The zero-order valence-electron chi connectivity index (χ0n) is 5.67. The quantitative estimate of drug-likeness (QED) is 0.713. The SMILES string of the molecule is COc1cccnc1Br.N. The van der Waals surface area contributed by atoms with Gasteiger partial charge in [0.1, 0.15) is 4.60 Å². The highest BCUT2D eigenvalue weighted by Gasteiger charge is 1.94. The molecule has 0 saturated carbocycles. The molecule has 0 saturated heterocycles. The van der Waals surface area contributed by atoms with Crippen molar-refractivity contribution in [1.82, 2.24) is 11.1 Å². The van der Waals surface area contributed by atoms with Crippen LogP contribution in [0.4, 0.5) is 0 Å². The van der Waals surface area contributed by atoms with Crippen molar-refractivity contribution in [1.29, 1.82) is 0 Å². The number of pyridine rings is 1. The predicted octanol–water partition coefficient (Wildman–Crippen LogP) is 2.01. The summed E-state index contributed by atoms with van der Waals surface area (Å²) in [7, 11) is 1.61. The molecule has 1 aromatic rings. The first-order chi connectivity index (χ1) is 4.34. The summed E-state index contributed by atoms with van der Waals surface area (Å²) in [5, 5.41) is 0. The van der Waals surface area contributed by atoms with Gasteiger partial charge in [-0.15, -0.1) is 0 Å². The van der Waals surface area contributed by atoms with Crippen LogP contribution in [-0.4, -0.2) is 12.1 Å². The molecule has 10 heavy (non-hydrogen) atoms. The Morgan fingerprint density at radius 2 is 2.30 bits per heavy atom. The standard InChI is InChI=1S/C6H6BrNO.H3N/c1-9-5-3-2-4-8-6(5)7;/h2-4H,1H3;1H3. The van der Waals surface area contributed by atoms with E-state index in [1.165, 1.54) is 0 Å².